The lowest BCUT2D eigenvalue weighted by atomic mass is 10.0. The smallest absolute Gasteiger partial charge is 0.181 e. The van der Waals surface area contributed by atoms with Gasteiger partial charge in [0.25, 0.3) is 0 Å². The Morgan fingerprint density at radius 2 is 1.68 bits per heavy atom. The fraction of sp³-hybridized carbons (Fsp3) is 0.133. The topological polar surface area (TPSA) is 80.6 Å². The number of ether oxygens (including phenoxy) is 1. The molecule has 0 amide bonds. The number of allylic oxidation sites excluding steroid dienone is 1. The molecular formula is C15H11N3O. The molecule has 1 unspecified atom stereocenters. The number of hydrogen-bond acceptors (Lipinski definition) is 4. The maximum absolute atomic E-state index is 8.92. The predicted octanol–water partition coefficient (Wildman–Crippen LogP) is 3.15. The van der Waals surface area contributed by atoms with Crippen LogP contribution in [0.2, 0.25) is 0 Å². The van der Waals surface area contributed by atoms with E-state index in [2.05, 4.69) is 12.6 Å². The van der Waals surface area contributed by atoms with Crippen LogP contribution in [0.15, 0.2) is 53.8 Å². The van der Waals surface area contributed by atoms with Gasteiger partial charge in [-0.2, -0.15) is 15.8 Å². The fourth-order valence-electron chi connectivity index (χ4n) is 1.74. The second kappa shape index (κ2) is 6.64. The summed E-state index contributed by atoms with van der Waals surface area (Å²) in [7, 11) is 0. The van der Waals surface area contributed by atoms with Gasteiger partial charge in [0.15, 0.2) is 12.1 Å². The van der Waals surface area contributed by atoms with Crippen LogP contribution in [-0.4, -0.2) is 0 Å². The van der Waals surface area contributed by atoms with Crippen LogP contribution in [0.1, 0.15) is 18.6 Å². The van der Waals surface area contributed by atoms with E-state index in [1.165, 1.54) is 12.1 Å². The summed E-state index contributed by atoms with van der Waals surface area (Å²) in [6.07, 6.45) is -0.145. The van der Waals surface area contributed by atoms with Gasteiger partial charge in [-0.1, -0.05) is 36.9 Å². The maximum Gasteiger partial charge on any atom is 0.181 e. The van der Waals surface area contributed by atoms with Crippen LogP contribution in [0.3, 0.4) is 0 Å². The zero-order valence-electron chi connectivity index (χ0n) is 10.4. The van der Waals surface area contributed by atoms with Crippen molar-refractivity contribution in [1.29, 1.82) is 15.8 Å². The molecule has 4 heteroatoms. The number of hydrogen-bond donors (Lipinski definition) is 0. The molecule has 1 aromatic carbocycles. The van der Waals surface area contributed by atoms with Gasteiger partial charge in [-0.25, -0.2) is 0 Å². The fourth-order valence-corrected chi connectivity index (χ4v) is 1.74. The second-order valence-corrected chi connectivity index (χ2v) is 3.73. The molecule has 2 rings (SSSR count). The lowest BCUT2D eigenvalue weighted by Crippen LogP contribution is -1.97. The van der Waals surface area contributed by atoms with Gasteiger partial charge in [-0.15, -0.1) is 0 Å². The maximum atomic E-state index is 8.92. The molecule has 4 nitrogen and oxygen atoms in total. The molecule has 1 heterocycles. The molecule has 92 valence electrons. The van der Waals surface area contributed by atoms with E-state index in [1.807, 2.05) is 37.3 Å². The van der Waals surface area contributed by atoms with Gasteiger partial charge in [0, 0.05) is 0 Å². The zero-order valence-corrected chi connectivity index (χ0v) is 10.4. The van der Waals surface area contributed by atoms with E-state index in [0.29, 0.717) is 11.3 Å². The summed E-state index contributed by atoms with van der Waals surface area (Å²) >= 11 is 0. The van der Waals surface area contributed by atoms with Crippen molar-refractivity contribution < 1.29 is 4.74 Å². The zero-order chi connectivity index (χ0) is 14.3. The van der Waals surface area contributed by atoms with E-state index >= 15 is 0 Å². The minimum absolute atomic E-state index is 0.145. The minimum Gasteiger partial charge on any atom is -0.481 e. The third-order valence-electron chi connectivity index (χ3n) is 2.59. The standard InChI is InChI=1S/C13H11NO.C2N2/c1-9-12(8-14)10(2)15-13(9)11-6-4-3-5-7-11;3-1-2-4/h3-7,13H,2H2,1H3;. The third-order valence-corrected chi connectivity index (χ3v) is 2.59. The van der Waals surface area contributed by atoms with E-state index < -0.39 is 0 Å². The van der Waals surface area contributed by atoms with E-state index in [9.17, 15) is 0 Å². The van der Waals surface area contributed by atoms with E-state index in [4.69, 9.17) is 20.5 Å². The average Bonchev–Trinajstić information content (AvgIpc) is 2.74. The summed E-state index contributed by atoms with van der Waals surface area (Å²) < 4.78 is 5.57. The van der Waals surface area contributed by atoms with Gasteiger partial charge in [0.1, 0.15) is 17.9 Å². The lowest BCUT2D eigenvalue weighted by molar-refractivity contribution is 0.177. The van der Waals surface area contributed by atoms with Crippen LogP contribution in [0.4, 0.5) is 0 Å². The number of benzene rings is 1. The highest BCUT2D eigenvalue weighted by Gasteiger charge is 2.27. The van der Waals surface area contributed by atoms with Gasteiger partial charge in [0.2, 0.25) is 0 Å². The molecule has 1 atom stereocenters. The minimum atomic E-state index is -0.145. The molecule has 1 aliphatic rings. The van der Waals surface area contributed by atoms with Gasteiger partial charge in [0.05, 0.1) is 5.57 Å². The SMILES string of the molecule is C=C1OC(c2ccccc2)C(C)=C1C#N.N#CC#N. The number of nitriles is 3. The van der Waals surface area contributed by atoms with Crippen LogP contribution in [0, 0.1) is 34.0 Å². The highest BCUT2D eigenvalue weighted by molar-refractivity contribution is 5.48. The molecule has 1 aromatic rings. The van der Waals surface area contributed by atoms with Crippen molar-refractivity contribution in [2.75, 3.05) is 0 Å². The predicted molar refractivity (Wildman–Crippen MR) is 68.9 cm³/mol. The van der Waals surface area contributed by atoms with Crippen molar-refractivity contribution in [2.45, 2.75) is 13.0 Å². The molecule has 0 aromatic heterocycles. The first-order valence-corrected chi connectivity index (χ1v) is 5.45. The van der Waals surface area contributed by atoms with Crippen molar-refractivity contribution >= 4 is 0 Å². The summed E-state index contributed by atoms with van der Waals surface area (Å²) in [5, 5.41) is 23.5. The molecule has 0 spiro atoms. The highest BCUT2D eigenvalue weighted by Crippen LogP contribution is 2.38. The Kier molecular flexibility index (Phi) is 4.91. The van der Waals surface area contributed by atoms with Crippen molar-refractivity contribution in [2.24, 2.45) is 0 Å². The van der Waals surface area contributed by atoms with Crippen molar-refractivity contribution in [3.8, 4) is 18.2 Å². The monoisotopic (exact) mass is 249 g/mol. The number of rotatable bonds is 1. The lowest BCUT2D eigenvalue weighted by Gasteiger charge is -2.12. The normalized spacial score (nSPS) is 16.3. The largest absolute Gasteiger partial charge is 0.481 e. The Bertz CT molecular complexity index is 612. The average molecular weight is 249 g/mol. The van der Waals surface area contributed by atoms with Gasteiger partial charge < -0.3 is 4.74 Å². The molecule has 0 bridgehead atoms. The Labute approximate surface area is 112 Å². The van der Waals surface area contributed by atoms with Gasteiger partial charge in [-0.3, -0.25) is 0 Å². The molecule has 0 N–H and O–H groups in total. The first kappa shape index (κ1) is 14.0. The van der Waals surface area contributed by atoms with Crippen molar-refractivity contribution in [1.82, 2.24) is 0 Å². The van der Waals surface area contributed by atoms with Crippen LogP contribution >= 0.6 is 0 Å². The van der Waals surface area contributed by atoms with Gasteiger partial charge >= 0.3 is 0 Å². The van der Waals surface area contributed by atoms with Crippen LogP contribution < -0.4 is 0 Å². The molecular weight excluding hydrogens is 238 g/mol. The molecule has 0 saturated heterocycles. The summed E-state index contributed by atoms with van der Waals surface area (Å²) in [6, 6.07) is 14.4. The summed E-state index contributed by atoms with van der Waals surface area (Å²) in [5.41, 5.74) is 2.57. The Morgan fingerprint density at radius 3 is 2.11 bits per heavy atom. The first-order chi connectivity index (χ1) is 9.15. The van der Waals surface area contributed by atoms with E-state index in [1.54, 1.807) is 0 Å². The summed E-state index contributed by atoms with van der Waals surface area (Å²) in [6.45, 7) is 5.64. The number of nitrogens with zero attached hydrogens (tertiary/aromatic N) is 3. The van der Waals surface area contributed by atoms with Crippen molar-refractivity contribution in [3.05, 3.63) is 59.4 Å². The molecule has 1 aliphatic heterocycles. The van der Waals surface area contributed by atoms with Gasteiger partial charge in [-0.05, 0) is 18.1 Å². The van der Waals surface area contributed by atoms with Crippen molar-refractivity contribution in [3.63, 3.8) is 0 Å². The molecule has 0 radical (unpaired) electrons. The van der Waals surface area contributed by atoms with Crippen LogP contribution in [0.5, 0.6) is 0 Å². The molecule has 0 aliphatic carbocycles. The second-order valence-electron chi connectivity index (χ2n) is 3.73. The quantitative estimate of drug-likeness (QED) is 0.765. The Hall–Kier alpha value is -3.03. The first-order valence-electron chi connectivity index (χ1n) is 5.45. The van der Waals surface area contributed by atoms with Crippen LogP contribution in [-0.2, 0) is 4.74 Å². The molecule has 0 fully saturated rings. The third kappa shape index (κ3) is 3.22. The van der Waals surface area contributed by atoms with E-state index in [0.717, 1.165) is 11.1 Å². The highest BCUT2D eigenvalue weighted by atomic mass is 16.5. The molecule has 19 heavy (non-hydrogen) atoms. The Morgan fingerprint density at radius 1 is 1.11 bits per heavy atom. The summed E-state index contributed by atoms with van der Waals surface area (Å²) in [5.74, 6) is 0.476. The molecule has 0 saturated carbocycles. The van der Waals surface area contributed by atoms with Crippen LogP contribution in [0.25, 0.3) is 0 Å². The van der Waals surface area contributed by atoms with E-state index in [-0.39, 0.29) is 6.10 Å². The summed E-state index contributed by atoms with van der Waals surface area (Å²) in [4.78, 5) is 0. The Balaban J connectivity index is 0.000000399.